The molecule has 0 spiro atoms. The van der Waals surface area contributed by atoms with Gasteiger partial charge in [-0.05, 0) is 55.5 Å². The summed E-state index contributed by atoms with van der Waals surface area (Å²) >= 11 is 0. The van der Waals surface area contributed by atoms with Crippen molar-refractivity contribution in [3.63, 3.8) is 0 Å². The normalized spacial score (nSPS) is 12.7. The Morgan fingerprint density at radius 2 is 1.75 bits per heavy atom. The van der Waals surface area contributed by atoms with E-state index in [2.05, 4.69) is 19.2 Å². The zero-order chi connectivity index (χ0) is 23.7. The number of para-hydroxylation sites is 1. The summed E-state index contributed by atoms with van der Waals surface area (Å²) in [6.45, 7) is 10.0. The maximum Gasteiger partial charge on any atom is 0.261 e. The Morgan fingerprint density at radius 3 is 2.41 bits per heavy atom. The third-order valence-corrected chi connectivity index (χ3v) is 5.55. The average molecular weight is 441 g/mol. The van der Waals surface area contributed by atoms with Crippen LogP contribution < -0.4 is 14.8 Å². The lowest BCUT2D eigenvalue weighted by atomic mass is 10.0. The van der Waals surface area contributed by atoms with Crippen LogP contribution in [0.4, 0.5) is 0 Å². The predicted molar refractivity (Wildman–Crippen MR) is 127 cm³/mol. The molecule has 2 atom stereocenters. The topological polar surface area (TPSA) is 67.9 Å². The van der Waals surface area contributed by atoms with Crippen molar-refractivity contribution in [2.75, 3.05) is 13.7 Å². The lowest BCUT2D eigenvalue weighted by Gasteiger charge is -2.30. The van der Waals surface area contributed by atoms with Gasteiger partial charge in [0.15, 0.2) is 6.61 Å². The van der Waals surface area contributed by atoms with E-state index in [1.165, 1.54) is 0 Å². The highest BCUT2D eigenvalue weighted by atomic mass is 16.5. The SMILES string of the molecule is CC[C@H](C)NC(=O)[C@H](C)N(Cc1cccc(OC)c1)C(=O)COc1ccccc1C(C)C. The van der Waals surface area contributed by atoms with Crippen LogP contribution in [0.15, 0.2) is 48.5 Å². The van der Waals surface area contributed by atoms with E-state index >= 15 is 0 Å². The number of carbonyl (C=O) groups is 2. The second kappa shape index (κ2) is 12.1. The molecule has 1 N–H and O–H groups in total. The van der Waals surface area contributed by atoms with E-state index in [0.717, 1.165) is 17.5 Å². The summed E-state index contributed by atoms with van der Waals surface area (Å²) in [4.78, 5) is 27.6. The van der Waals surface area contributed by atoms with Crippen molar-refractivity contribution in [1.29, 1.82) is 0 Å². The van der Waals surface area contributed by atoms with Gasteiger partial charge in [0.25, 0.3) is 5.91 Å². The quantitative estimate of drug-likeness (QED) is 0.557. The minimum Gasteiger partial charge on any atom is -0.497 e. The highest BCUT2D eigenvalue weighted by molar-refractivity contribution is 5.88. The van der Waals surface area contributed by atoms with E-state index in [-0.39, 0.29) is 36.9 Å². The summed E-state index contributed by atoms with van der Waals surface area (Å²) in [5, 5.41) is 2.97. The fourth-order valence-electron chi connectivity index (χ4n) is 3.33. The Balaban J connectivity index is 2.22. The maximum atomic E-state index is 13.2. The Bertz CT molecular complexity index is 897. The number of carbonyl (C=O) groups excluding carboxylic acids is 2. The Morgan fingerprint density at radius 1 is 1.03 bits per heavy atom. The molecular weight excluding hydrogens is 404 g/mol. The lowest BCUT2D eigenvalue weighted by molar-refractivity contribution is -0.142. The first-order valence-corrected chi connectivity index (χ1v) is 11.2. The summed E-state index contributed by atoms with van der Waals surface area (Å²) in [6.07, 6.45) is 0.817. The molecule has 0 radical (unpaired) electrons. The van der Waals surface area contributed by atoms with Crippen LogP contribution in [0.2, 0.25) is 0 Å². The molecule has 0 aliphatic heterocycles. The highest BCUT2D eigenvalue weighted by Crippen LogP contribution is 2.26. The molecule has 0 saturated carbocycles. The second-order valence-electron chi connectivity index (χ2n) is 8.35. The molecule has 0 aromatic heterocycles. The highest BCUT2D eigenvalue weighted by Gasteiger charge is 2.27. The predicted octanol–water partition coefficient (Wildman–Crippen LogP) is 4.53. The molecule has 0 unspecified atom stereocenters. The minimum absolute atomic E-state index is 0.0351. The number of benzene rings is 2. The first-order valence-electron chi connectivity index (χ1n) is 11.2. The van der Waals surface area contributed by atoms with Gasteiger partial charge >= 0.3 is 0 Å². The summed E-state index contributed by atoms with van der Waals surface area (Å²) in [7, 11) is 1.60. The maximum absolute atomic E-state index is 13.2. The molecule has 2 aromatic rings. The summed E-state index contributed by atoms with van der Waals surface area (Å²) in [5.41, 5.74) is 1.92. The Kier molecular flexibility index (Phi) is 9.57. The number of amides is 2. The summed E-state index contributed by atoms with van der Waals surface area (Å²) < 4.78 is 11.2. The van der Waals surface area contributed by atoms with Crippen LogP contribution >= 0.6 is 0 Å². The van der Waals surface area contributed by atoms with Crippen LogP contribution in [0, 0.1) is 0 Å². The standard InChI is InChI=1S/C26H36N2O4/c1-7-19(4)27-26(30)20(5)28(16-21-11-10-12-22(15-21)31-6)25(29)17-32-24-14-9-8-13-23(24)18(2)3/h8-15,18-20H,7,16-17H2,1-6H3,(H,27,30)/t19-,20-/m0/s1. The summed E-state index contributed by atoms with van der Waals surface area (Å²) in [6, 6.07) is 14.6. The molecule has 0 heterocycles. The average Bonchev–Trinajstić information content (AvgIpc) is 2.80. The number of hydrogen-bond acceptors (Lipinski definition) is 4. The Hall–Kier alpha value is -3.02. The molecule has 32 heavy (non-hydrogen) atoms. The largest absolute Gasteiger partial charge is 0.497 e. The van der Waals surface area contributed by atoms with Crippen LogP contribution in [-0.4, -0.2) is 42.5 Å². The lowest BCUT2D eigenvalue weighted by Crippen LogP contribution is -2.50. The van der Waals surface area contributed by atoms with Crippen molar-refractivity contribution in [3.8, 4) is 11.5 Å². The molecular formula is C26H36N2O4. The number of rotatable bonds is 11. The van der Waals surface area contributed by atoms with Crippen molar-refractivity contribution in [2.45, 2.75) is 65.6 Å². The number of nitrogens with one attached hydrogen (secondary N) is 1. The number of methoxy groups -OCH3 is 1. The molecule has 0 fully saturated rings. The molecule has 6 heteroatoms. The van der Waals surface area contributed by atoms with Gasteiger partial charge in [-0.15, -0.1) is 0 Å². The number of ether oxygens (including phenoxy) is 2. The van der Waals surface area contributed by atoms with Crippen molar-refractivity contribution in [2.24, 2.45) is 0 Å². The van der Waals surface area contributed by atoms with Gasteiger partial charge in [0.1, 0.15) is 17.5 Å². The molecule has 2 amide bonds. The molecule has 174 valence electrons. The van der Waals surface area contributed by atoms with Gasteiger partial charge in [-0.1, -0.05) is 51.1 Å². The van der Waals surface area contributed by atoms with Crippen molar-refractivity contribution in [3.05, 3.63) is 59.7 Å². The van der Waals surface area contributed by atoms with Crippen LogP contribution in [0.5, 0.6) is 11.5 Å². The van der Waals surface area contributed by atoms with Crippen LogP contribution in [0.25, 0.3) is 0 Å². The molecule has 6 nitrogen and oxygen atoms in total. The van der Waals surface area contributed by atoms with E-state index in [9.17, 15) is 9.59 Å². The Labute approximate surface area is 191 Å². The van der Waals surface area contributed by atoms with E-state index in [1.54, 1.807) is 18.9 Å². The molecule has 0 aliphatic carbocycles. The third kappa shape index (κ3) is 7.01. The number of nitrogens with zero attached hydrogens (tertiary/aromatic N) is 1. The van der Waals surface area contributed by atoms with Crippen molar-refractivity contribution in [1.82, 2.24) is 10.2 Å². The molecule has 2 aromatic carbocycles. The van der Waals surface area contributed by atoms with Crippen molar-refractivity contribution < 1.29 is 19.1 Å². The minimum atomic E-state index is -0.647. The monoisotopic (exact) mass is 440 g/mol. The van der Waals surface area contributed by atoms with Gasteiger partial charge in [0, 0.05) is 12.6 Å². The van der Waals surface area contributed by atoms with E-state index in [4.69, 9.17) is 9.47 Å². The molecule has 0 bridgehead atoms. The van der Waals surface area contributed by atoms with Crippen LogP contribution in [0.3, 0.4) is 0 Å². The van der Waals surface area contributed by atoms with Gasteiger partial charge in [-0.2, -0.15) is 0 Å². The molecule has 0 aliphatic rings. The smallest absolute Gasteiger partial charge is 0.261 e. The molecule has 2 rings (SSSR count). The zero-order valence-corrected chi connectivity index (χ0v) is 20.1. The fourth-order valence-corrected chi connectivity index (χ4v) is 3.33. The third-order valence-electron chi connectivity index (χ3n) is 5.55. The van der Waals surface area contributed by atoms with Crippen LogP contribution in [0.1, 0.15) is 58.1 Å². The van der Waals surface area contributed by atoms with Crippen LogP contribution in [-0.2, 0) is 16.1 Å². The first kappa shape index (κ1) is 25.2. The van der Waals surface area contributed by atoms with Crippen molar-refractivity contribution >= 4 is 11.8 Å². The van der Waals surface area contributed by atoms with E-state index < -0.39 is 6.04 Å². The van der Waals surface area contributed by atoms with Gasteiger partial charge < -0.3 is 19.7 Å². The molecule has 0 saturated heterocycles. The zero-order valence-electron chi connectivity index (χ0n) is 20.1. The second-order valence-corrected chi connectivity index (χ2v) is 8.35. The van der Waals surface area contributed by atoms with Gasteiger partial charge in [0.2, 0.25) is 5.91 Å². The summed E-state index contributed by atoms with van der Waals surface area (Å²) in [5.74, 6) is 1.23. The fraction of sp³-hybridized carbons (Fsp3) is 0.462. The first-order chi connectivity index (χ1) is 15.3. The van der Waals surface area contributed by atoms with Gasteiger partial charge in [-0.25, -0.2) is 0 Å². The number of hydrogen-bond donors (Lipinski definition) is 1. The van der Waals surface area contributed by atoms with E-state index in [0.29, 0.717) is 11.5 Å². The van der Waals surface area contributed by atoms with Gasteiger partial charge in [0.05, 0.1) is 7.11 Å². The van der Waals surface area contributed by atoms with E-state index in [1.807, 2.05) is 62.4 Å². The van der Waals surface area contributed by atoms with Gasteiger partial charge in [-0.3, -0.25) is 9.59 Å².